The number of allylic oxidation sites excluding steroid dienone is 2. The van der Waals surface area contributed by atoms with Gasteiger partial charge in [-0.25, -0.2) is 0 Å². The molecular weight excluding hydrogens is 252 g/mol. The molecule has 3 rings (SSSR count). The molecule has 0 aromatic rings. The van der Waals surface area contributed by atoms with Crippen molar-refractivity contribution in [2.24, 2.45) is 16.7 Å². The highest BCUT2D eigenvalue weighted by Gasteiger charge is 2.63. The maximum atomic E-state index is 12.5. The van der Waals surface area contributed by atoms with Crippen LogP contribution in [0.3, 0.4) is 0 Å². The standard InChI is InChI=1S/C17H24O3/c1-4-8-15(2)13-6-5-9-17(19-11-12-20-17)16(13,3)10-7-14(15)18/h4,7,10,13H,1,5-6,8-9,11-12H2,2-3H3/t13-,15-,16-/m0/s1. The molecule has 0 aromatic carbocycles. The molecule has 3 aliphatic rings. The van der Waals surface area contributed by atoms with Crippen molar-refractivity contribution in [2.75, 3.05) is 13.2 Å². The van der Waals surface area contributed by atoms with Crippen LogP contribution in [0.5, 0.6) is 0 Å². The lowest BCUT2D eigenvalue weighted by molar-refractivity contribution is -0.262. The van der Waals surface area contributed by atoms with Gasteiger partial charge in [0.15, 0.2) is 11.6 Å². The summed E-state index contributed by atoms with van der Waals surface area (Å²) in [6, 6.07) is 0. The fourth-order valence-corrected chi connectivity index (χ4v) is 4.66. The van der Waals surface area contributed by atoms with Gasteiger partial charge < -0.3 is 9.47 Å². The summed E-state index contributed by atoms with van der Waals surface area (Å²) in [5.41, 5.74) is -0.610. The van der Waals surface area contributed by atoms with Crippen LogP contribution in [0.1, 0.15) is 39.5 Å². The Morgan fingerprint density at radius 1 is 1.40 bits per heavy atom. The second kappa shape index (κ2) is 4.54. The summed E-state index contributed by atoms with van der Waals surface area (Å²) in [7, 11) is 0. The Morgan fingerprint density at radius 2 is 2.10 bits per heavy atom. The van der Waals surface area contributed by atoms with Gasteiger partial charge in [0.1, 0.15) is 0 Å². The van der Waals surface area contributed by atoms with Crippen molar-refractivity contribution < 1.29 is 14.3 Å². The number of rotatable bonds is 2. The van der Waals surface area contributed by atoms with Gasteiger partial charge in [-0.15, -0.1) is 6.58 Å². The van der Waals surface area contributed by atoms with E-state index in [2.05, 4.69) is 26.5 Å². The van der Waals surface area contributed by atoms with Gasteiger partial charge in [-0.1, -0.05) is 26.0 Å². The van der Waals surface area contributed by atoms with Crippen molar-refractivity contribution >= 4 is 5.78 Å². The molecule has 1 saturated heterocycles. The lowest BCUT2D eigenvalue weighted by Crippen LogP contribution is -2.60. The van der Waals surface area contributed by atoms with Crippen molar-refractivity contribution in [2.45, 2.75) is 45.3 Å². The predicted octanol–water partition coefficient (Wildman–Crippen LogP) is 3.26. The third-order valence-electron chi connectivity index (χ3n) is 5.78. The second-order valence-electron chi connectivity index (χ2n) is 6.79. The fourth-order valence-electron chi connectivity index (χ4n) is 4.66. The van der Waals surface area contributed by atoms with Gasteiger partial charge in [0.05, 0.1) is 13.2 Å². The van der Waals surface area contributed by atoms with Crippen LogP contribution >= 0.6 is 0 Å². The van der Waals surface area contributed by atoms with Crippen molar-refractivity contribution in [3.8, 4) is 0 Å². The highest BCUT2D eigenvalue weighted by atomic mass is 16.7. The molecule has 1 aliphatic heterocycles. The number of hydrogen-bond donors (Lipinski definition) is 0. The summed E-state index contributed by atoms with van der Waals surface area (Å²) in [4.78, 5) is 12.5. The second-order valence-corrected chi connectivity index (χ2v) is 6.79. The number of carbonyl (C=O) groups excluding carboxylic acids is 1. The van der Waals surface area contributed by atoms with Crippen LogP contribution in [0, 0.1) is 16.7 Å². The molecule has 1 heterocycles. The zero-order valence-electron chi connectivity index (χ0n) is 12.5. The van der Waals surface area contributed by atoms with Crippen LogP contribution in [-0.2, 0) is 14.3 Å². The van der Waals surface area contributed by atoms with E-state index in [0.29, 0.717) is 19.6 Å². The van der Waals surface area contributed by atoms with Gasteiger partial charge in [0.25, 0.3) is 0 Å². The zero-order valence-corrected chi connectivity index (χ0v) is 12.5. The van der Waals surface area contributed by atoms with Crippen molar-refractivity contribution in [1.82, 2.24) is 0 Å². The smallest absolute Gasteiger partial charge is 0.177 e. The minimum Gasteiger partial charge on any atom is -0.347 e. The molecular formula is C17H24O3. The van der Waals surface area contributed by atoms with Crippen LogP contribution in [0.25, 0.3) is 0 Å². The third-order valence-corrected chi connectivity index (χ3v) is 5.78. The van der Waals surface area contributed by atoms with Crippen LogP contribution in [-0.4, -0.2) is 24.8 Å². The summed E-state index contributed by atoms with van der Waals surface area (Å²) >= 11 is 0. The molecule has 110 valence electrons. The van der Waals surface area contributed by atoms with E-state index < -0.39 is 5.79 Å². The van der Waals surface area contributed by atoms with E-state index in [9.17, 15) is 4.79 Å². The molecule has 0 N–H and O–H groups in total. The largest absolute Gasteiger partial charge is 0.347 e. The number of carbonyl (C=O) groups is 1. The Bertz CT molecular complexity index is 461. The minimum atomic E-state index is -0.532. The van der Waals surface area contributed by atoms with Gasteiger partial charge in [0.2, 0.25) is 0 Å². The summed E-state index contributed by atoms with van der Waals surface area (Å²) in [6.45, 7) is 9.44. The first-order chi connectivity index (χ1) is 9.48. The Hall–Kier alpha value is -0.930. The van der Waals surface area contributed by atoms with E-state index in [-0.39, 0.29) is 22.5 Å². The first kappa shape index (κ1) is 14.0. The number of fused-ring (bicyclic) bond motifs is 2. The van der Waals surface area contributed by atoms with E-state index >= 15 is 0 Å². The maximum absolute atomic E-state index is 12.5. The predicted molar refractivity (Wildman–Crippen MR) is 77.2 cm³/mol. The van der Waals surface area contributed by atoms with Gasteiger partial charge in [0, 0.05) is 17.3 Å². The zero-order chi connectivity index (χ0) is 14.4. The molecule has 3 atom stereocenters. The first-order valence-corrected chi connectivity index (χ1v) is 7.61. The molecule has 1 spiro atoms. The average molecular weight is 276 g/mol. The van der Waals surface area contributed by atoms with Crippen LogP contribution in [0.15, 0.2) is 24.8 Å². The maximum Gasteiger partial charge on any atom is 0.177 e. The quantitative estimate of drug-likeness (QED) is 0.726. The highest BCUT2D eigenvalue weighted by molar-refractivity contribution is 5.96. The third kappa shape index (κ3) is 1.63. The number of ether oxygens (including phenoxy) is 2. The number of ketones is 1. The van der Waals surface area contributed by atoms with Crippen molar-refractivity contribution in [3.05, 3.63) is 24.8 Å². The summed E-state index contributed by atoms with van der Waals surface area (Å²) in [5, 5.41) is 0. The Labute approximate surface area is 121 Å². The molecule has 0 amide bonds. The Kier molecular flexibility index (Phi) is 3.18. The SMILES string of the molecule is C=CC[C@]1(C)C(=O)C=C[C@@]2(C)[C@H]1CCCC21OCCO1. The van der Waals surface area contributed by atoms with E-state index in [0.717, 1.165) is 19.3 Å². The normalized spacial score (nSPS) is 42.7. The molecule has 2 fully saturated rings. The van der Waals surface area contributed by atoms with Crippen LogP contribution < -0.4 is 0 Å². The molecule has 0 radical (unpaired) electrons. The van der Waals surface area contributed by atoms with Gasteiger partial charge in [-0.2, -0.15) is 0 Å². The molecule has 0 aromatic heterocycles. The average Bonchev–Trinajstić information content (AvgIpc) is 2.88. The highest BCUT2D eigenvalue weighted by Crippen LogP contribution is 2.61. The lowest BCUT2D eigenvalue weighted by Gasteiger charge is -2.57. The molecule has 0 bridgehead atoms. The van der Waals surface area contributed by atoms with Crippen molar-refractivity contribution in [3.63, 3.8) is 0 Å². The molecule has 1 saturated carbocycles. The molecule has 3 nitrogen and oxygen atoms in total. The first-order valence-electron chi connectivity index (χ1n) is 7.61. The monoisotopic (exact) mass is 276 g/mol. The molecule has 0 unspecified atom stereocenters. The van der Waals surface area contributed by atoms with Gasteiger partial charge >= 0.3 is 0 Å². The van der Waals surface area contributed by atoms with Gasteiger partial charge in [-0.3, -0.25) is 4.79 Å². The number of hydrogen-bond acceptors (Lipinski definition) is 3. The molecule has 3 heteroatoms. The van der Waals surface area contributed by atoms with E-state index in [4.69, 9.17) is 9.47 Å². The summed E-state index contributed by atoms with van der Waals surface area (Å²) < 4.78 is 12.1. The van der Waals surface area contributed by atoms with E-state index in [1.54, 1.807) is 6.08 Å². The van der Waals surface area contributed by atoms with Crippen LogP contribution in [0.4, 0.5) is 0 Å². The van der Waals surface area contributed by atoms with Gasteiger partial charge in [-0.05, 0) is 31.3 Å². The van der Waals surface area contributed by atoms with E-state index in [1.807, 2.05) is 6.08 Å². The van der Waals surface area contributed by atoms with E-state index in [1.165, 1.54) is 0 Å². The summed E-state index contributed by atoms with van der Waals surface area (Å²) in [6.07, 6.45) is 9.40. The molecule has 20 heavy (non-hydrogen) atoms. The molecule has 2 aliphatic carbocycles. The fraction of sp³-hybridized carbons (Fsp3) is 0.706. The minimum absolute atomic E-state index is 0.218. The summed E-state index contributed by atoms with van der Waals surface area (Å²) in [5.74, 6) is -0.0671. The topological polar surface area (TPSA) is 35.5 Å². The Morgan fingerprint density at radius 3 is 2.75 bits per heavy atom. The lowest BCUT2D eigenvalue weighted by atomic mass is 9.50. The Balaban J connectivity index is 2.08. The van der Waals surface area contributed by atoms with Crippen molar-refractivity contribution in [1.29, 1.82) is 0 Å². The van der Waals surface area contributed by atoms with Crippen LogP contribution in [0.2, 0.25) is 0 Å².